The van der Waals surface area contributed by atoms with Crippen LogP contribution in [-0.4, -0.2) is 54.0 Å². The second-order valence-electron chi connectivity index (χ2n) is 7.14. The number of hydrogen-bond donors (Lipinski definition) is 4. The monoisotopic (exact) mass is 424 g/mol. The standard InChI is InChI=1S/C23H24N2O6/c1-14(21(27)25-20(12-26)22(28)29)10-11-24-23(30)31-13-19-17-8-4-2-6-15(17)16-7-3-5-9-18(16)19/h2-10,19-20,26H,11-13H2,1H3,(H,24,30)(H,25,27)(H,28,29)/b14-10+/t20-/m0/s1. The highest BCUT2D eigenvalue weighted by Crippen LogP contribution is 2.44. The van der Waals surface area contributed by atoms with Crippen molar-refractivity contribution < 1.29 is 29.3 Å². The first-order valence-electron chi connectivity index (χ1n) is 9.82. The van der Waals surface area contributed by atoms with Crippen LogP contribution in [0.15, 0.2) is 60.2 Å². The first kappa shape index (κ1) is 22.0. The molecule has 0 saturated carbocycles. The summed E-state index contributed by atoms with van der Waals surface area (Å²) in [5, 5.41) is 22.5. The van der Waals surface area contributed by atoms with E-state index in [4.69, 9.17) is 14.9 Å². The lowest BCUT2D eigenvalue weighted by molar-refractivity contribution is -0.142. The summed E-state index contributed by atoms with van der Waals surface area (Å²) in [5.41, 5.74) is 4.71. The zero-order valence-corrected chi connectivity index (χ0v) is 17.0. The van der Waals surface area contributed by atoms with Crippen LogP contribution in [0.4, 0.5) is 4.79 Å². The van der Waals surface area contributed by atoms with Crippen LogP contribution >= 0.6 is 0 Å². The Balaban J connectivity index is 1.53. The van der Waals surface area contributed by atoms with Crippen LogP contribution in [0.2, 0.25) is 0 Å². The number of carbonyl (C=O) groups is 3. The van der Waals surface area contributed by atoms with Crippen LogP contribution in [-0.2, 0) is 14.3 Å². The number of carboxylic acids is 1. The molecule has 0 saturated heterocycles. The number of aliphatic carboxylic acids is 1. The molecule has 0 aromatic heterocycles. The van der Waals surface area contributed by atoms with Gasteiger partial charge in [0.1, 0.15) is 6.61 Å². The molecule has 2 aromatic carbocycles. The number of carbonyl (C=O) groups excluding carboxylic acids is 2. The van der Waals surface area contributed by atoms with E-state index in [0.717, 1.165) is 22.3 Å². The maximum Gasteiger partial charge on any atom is 0.407 e. The number of rotatable bonds is 8. The van der Waals surface area contributed by atoms with E-state index in [2.05, 4.69) is 22.8 Å². The highest BCUT2D eigenvalue weighted by atomic mass is 16.5. The third kappa shape index (κ3) is 5.10. The molecule has 0 aliphatic heterocycles. The first-order valence-corrected chi connectivity index (χ1v) is 9.82. The van der Waals surface area contributed by atoms with Crippen molar-refractivity contribution >= 4 is 18.0 Å². The Hall–Kier alpha value is -3.65. The molecule has 0 spiro atoms. The fraction of sp³-hybridized carbons (Fsp3) is 0.261. The Morgan fingerprint density at radius 3 is 2.19 bits per heavy atom. The molecule has 0 fully saturated rings. The molecule has 2 amide bonds. The fourth-order valence-electron chi connectivity index (χ4n) is 3.49. The highest BCUT2D eigenvalue weighted by Gasteiger charge is 2.28. The van der Waals surface area contributed by atoms with Crippen molar-refractivity contribution in [3.8, 4) is 11.1 Å². The lowest BCUT2D eigenvalue weighted by Gasteiger charge is -2.14. The number of ether oxygens (including phenoxy) is 1. The van der Waals surface area contributed by atoms with Gasteiger partial charge in [-0.2, -0.15) is 0 Å². The van der Waals surface area contributed by atoms with Gasteiger partial charge in [-0.15, -0.1) is 0 Å². The number of nitrogens with one attached hydrogen (secondary N) is 2. The average Bonchev–Trinajstić information content (AvgIpc) is 3.09. The van der Waals surface area contributed by atoms with E-state index in [0.29, 0.717) is 0 Å². The predicted octanol–water partition coefficient (Wildman–Crippen LogP) is 2.03. The Labute approximate surface area is 179 Å². The maximum atomic E-state index is 12.1. The molecule has 3 rings (SSSR count). The summed E-state index contributed by atoms with van der Waals surface area (Å²) >= 11 is 0. The van der Waals surface area contributed by atoms with Crippen LogP contribution < -0.4 is 10.6 Å². The van der Waals surface area contributed by atoms with Crippen LogP contribution in [0.5, 0.6) is 0 Å². The van der Waals surface area contributed by atoms with Crippen molar-refractivity contribution in [3.63, 3.8) is 0 Å². The van der Waals surface area contributed by atoms with Crippen LogP contribution in [0.25, 0.3) is 11.1 Å². The topological polar surface area (TPSA) is 125 Å². The van der Waals surface area contributed by atoms with E-state index in [9.17, 15) is 14.4 Å². The largest absolute Gasteiger partial charge is 0.480 e. The first-order chi connectivity index (χ1) is 14.9. The SMILES string of the molecule is C/C(=C\CNC(=O)OCC1c2ccccc2-c2ccccc21)C(=O)N[C@@H](CO)C(=O)O. The lowest BCUT2D eigenvalue weighted by atomic mass is 9.98. The minimum absolute atomic E-state index is 0.0345. The minimum Gasteiger partial charge on any atom is -0.480 e. The summed E-state index contributed by atoms with van der Waals surface area (Å²) in [4.78, 5) is 34.9. The molecule has 0 heterocycles. The number of aliphatic hydroxyl groups is 1. The lowest BCUT2D eigenvalue weighted by Crippen LogP contribution is -2.43. The molecule has 162 valence electrons. The Morgan fingerprint density at radius 2 is 1.65 bits per heavy atom. The van der Waals surface area contributed by atoms with Gasteiger partial charge in [0, 0.05) is 18.0 Å². The van der Waals surface area contributed by atoms with E-state index in [1.54, 1.807) is 0 Å². The van der Waals surface area contributed by atoms with Crippen LogP contribution in [0, 0.1) is 0 Å². The van der Waals surface area contributed by atoms with E-state index in [-0.39, 0.29) is 24.6 Å². The molecular weight excluding hydrogens is 400 g/mol. The van der Waals surface area contributed by atoms with E-state index in [1.165, 1.54) is 13.0 Å². The summed E-state index contributed by atoms with van der Waals surface area (Å²) in [6.07, 6.45) is 0.817. The molecule has 31 heavy (non-hydrogen) atoms. The van der Waals surface area contributed by atoms with Crippen LogP contribution in [0.3, 0.4) is 0 Å². The summed E-state index contributed by atoms with van der Waals surface area (Å²) < 4.78 is 5.40. The summed E-state index contributed by atoms with van der Waals surface area (Å²) in [6, 6.07) is 14.7. The summed E-state index contributed by atoms with van der Waals surface area (Å²) in [6.45, 7) is 0.976. The molecule has 0 bridgehead atoms. The average molecular weight is 424 g/mol. The number of aliphatic hydroxyl groups excluding tert-OH is 1. The molecule has 4 N–H and O–H groups in total. The second kappa shape index (κ2) is 9.90. The smallest absolute Gasteiger partial charge is 0.407 e. The van der Waals surface area contributed by atoms with Gasteiger partial charge in [-0.05, 0) is 29.2 Å². The molecule has 8 heteroatoms. The predicted molar refractivity (Wildman–Crippen MR) is 113 cm³/mol. The Bertz CT molecular complexity index is 971. The number of fused-ring (bicyclic) bond motifs is 3. The van der Waals surface area contributed by atoms with Gasteiger partial charge in [-0.3, -0.25) is 4.79 Å². The molecule has 0 unspecified atom stereocenters. The van der Waals surface area contributed by atoms with Crippen molar-refractivity contribution in [1.29, 1.82) is 0 Å². The number of alkyl carbamates (subject to hydrolysis) is 1. The number of benzene rings is 2. The van der Waals surface area contributed by atoms with E-state index >= 15 is 0 Å². The Morgan fingerprint density at radius 1 is 1.06 bits per heavy atom. The van der Waals surface area contributed by atoms with Crippen LogP contribution in [0.1, 0.15) is 24.0 Å². The molecule has 8 nitrogen and oxygen atoms in total. The quantitative estimate of drug-likeness (QED) is 0.481. The van der Waals surface area contributed by atoms with Gasteiger partial charge in [0.25, 0.3) is 0 Å². The van der Waals surface area contributed by atoms with Gasteiger partial charge in [-0.25, -0.2) is 9.59 Å². The van der Waals surface area contributed by atoms with Gasteiger partial charge < -0.3 is 25.6 Å². The fourth-order valence-corrected chi connectivity index (χ4v) is 3.49. The Kier molecular flexibility index (Phi) is 7.04. The molecule has 2 aromatic rings. The second-order valence-corrected chi connectivity index (χ2v) is 7.14. The zero-order valence-electron chi connectivity index (χ0n) is 17.0. The van der Waals surface area contributed by atoms with Gasteiger partial charge in [0.05, 0.1) is 6.61 Å². The van der Waals surface area contributed by atoms with Crippen molar-refractivity contribution in [1.82, 2.24) is 10.6 Å². The van der Waals surface area contributed by atoms with Gasteiger partial charge >= 0.3 is 12.1 Å². The van der Waals surface area contributed by atoms with Crippen molar-refractivity contribution in [3.05, 3.63) is 71.3 Å². The number of carboxylic acid groups (broad SMARTS) is 1. The highest BCUT2D eigenvalue weighted by molar-refractivity contribution is 5.95. The molecule has 1 aliphatic rings. The zero-order chi connectivity index (χ0) is 22.4. The third-order valence-electron chi connectivity index (χ3n) is 5.14. The summed E-state index contributed by atoms with van der Waals surface area (Å²) in [5.74, 6) is -2.02. The van der Waals surface area contributed by atoms with E-state index in [1.807, 2.05) is 36.4 Å². The van der Waals surface area contributed by atoms with Gasteiger partial charge in [-0.1, -0.05) is 54.6 Å². The third-order valence-corrected chi connectivity index (χ3v) is 5.14. The molecule has 0 radical (unpaired) electrons. The normalized spacial score (nSPS) is 13.7. The maximum absolute atomic E-state index is 12.1. The van der Waals surface area contributed by atoms with Crippen molar-refractivity contribution in [2.75, 3.05) is 19.8 Å². The van der Waals surface area contributed by atoms with E-state index < -0.39 is 30.6 Å². The number of hydrogen-bond acceptors (Lipinski definition) is 5. The van der Waals surface area contributed by atoms with Crippen molar-refractivity contribution in [2.45, 2.75) is 18.9 Å². The van der Waals surface area contributed by atoms with Gasteiger partial charge in [0.2, 0.25) is 5.91 Å². The van der Waals surface area contributed by atoms with Crippen molar-refractivity contribution in [2.24, 2.45) is 0 Å². The minimum atomic E-state index is -1.38. The molecule has 1 atom stereocenters. The van der Waals surface area contributed by atoms with Gasteiger partial charge in [0.15, 0.2) is 6.04 Å². The molecular formula is C23H24N2O6. The summed E-state index contributed by atoms with van der Waals surface area (Å²) in [7, 11) is 0. The number of amides is 2. The molecule has 1 aliphatic carbocycles.